The number of fused-ring (bicyclic) bond motifs is 2. The highest BCUT2D eigenvalue weighted by Gasteiger charge is 2.44. The third-order valence-corrected chi connectivity index (χ3v) is 4.21. The van der Waals surface area contributed by atoms with Gasteiger partial charge >= 0.3 is 5.97 Å². The molecule has 0 spiro atoms. The van der Waals surface area contributed by atoms with Crippen LogP contribution in [-0.4, -0.2) is 18.2 Å². The lowest BCUT2D eigenvalue weighted by Gasteiger charge is -2.37. The van der Waals surface area contributed by atoms with E-state index in [4.69, 9.17) is 9.47 Å². The topological polar surface area (TPSA) is 55.8 Å². The van der Waals surface area contributed by atoms with Crippen LogP contribution >= 0.6 is 0 Å². The second-order valence-electron chi connectivity index (χ2n) is 5.98. The predicted molar refractivity (Wildman–Crippen MR) is 82.3 cm³/mol. The molecule has 2 aromatic carbocycles. The zero-order chi connectivity index (χ0) is 15.9. The number of carbonyl (C=O) groups excluding carboxylic acids is 1. The van der Waals surface area contributed by atoms with Gasteiger partial charge < -0.3 is 14.6 Å². The van der Waals surface area contributed by atoms with Crippen molar-refractivity contribution in [2.45, 2.75) is 19.8 Å². The maximum Gasteiger partial charge on any atom is 0.312 e. The third kappa shape index (κ3) is 2.03. The van der Waals surface area contributed by atoms with E-state index in [1.807, 2.05) is 44.2 Å². The Labute approximate surface area is 129 Å². The molecular formula is C18H18O4. The van der Waals surface area contributed by atoms with Gasteiger partial charge in [0.2, 0.25) is 0 Å². The zero-order valence-electron chi connectivity index (χ0n) is 12.8. The van der Waals surface area contributed by atoms with Crippen LogP contribution in [0.1, 0.15) is 30.9 Å². The number of carbonyl (C=O) groups is 1. The fourth-order valence-electron chi connectivity index (χ4n) is 3.13. The van der Waals surface area contributed by atoms with Crippen molar-refractivity contribution < 1.29 is 19.4 Å². The molecule has 1 N–H and O–H groups in total. The fraction of sp³-hybridized carbons (Fsp3) is 0.278. The van der Waals surface area contributed by atoms with Gasteiger partial charge in [-0.15, -0.1) is 0 Å². The van der Waals surface area contributed by atoms with E-state index in [-0.39, 0.29) is 17.6 Å². The van der Waals surface area contributed by atoms with Gasteiger partial charge in [0.25, 0.3) is 0 Å². The van der Waals surface area contributed by atoms with Gasteiger partial charge in [-0.25, -0.2) is 0 Å². The van der Waals surface area contributed by atoms with Crippen molar-refractivity contribution in [2.24, 2.45) is 5.41 Å². The van der Waals surface area contributed by atoms with Crippen molar-refractivity contribution in [3.8, 4) is 17.2 Å². The van der Waals surface area contributed by atoms with Gasteiger partial charge in [-0.3, -0.25) is 4.79 Å². The Balaban J connectivity index is 2.26. The monoisotopic (exact) mass is 298 g/mol. The van der Waals surface area contributed by atoms with Gasteiger partial charge in [-0.05, 0) is 26.0 Å². The van der Waals surface area contributed by atoms with Crippen molar-refractivity contribution in [1.82, 2.24) is 0 Å². The van der Waals surface area contributed by atoms with Crippen molar-refractivity contribution in [1.29, 1.82) is 0 Å². The van der Waals surface area contributed by atoms with E-state index in [1.54, 1.807) is 12.1 Å². The van der Waals surface area contributed by atoms with E-state index in [9.17, 15) is 9.90 Å². The number of esters is 1. The number of hydrogen-bond donors (Lipinski definition) is 1. The number of phenolic OH excluding ortho intramolecular Hbond substituents is 1. The number of phenols is 1. The predicted octanol–water partition coefficient (Wildman–Crippen LogP) is 3.83. The first-order chi connectivity index (χ1) is 10.5. The Hall–Kier alpha value is -2.49. The van der Waals surface area contributed by atoms with Crippen molar-refractivity contribution >= 4 is 5.97 Å². The number of para-hydroxylation sites is 2. The summed E-state index contributed by atoms with van der Waals surface area (Å²) < 4.78 is 10.8. The van der Waals surface area contributed by atoms with Gasteiger partial charge in [0.1, 0.15) is 5.75 Å². The number of hydrogen-bond acceptors (Lipinski definition) is 4. The summed E-state index contributed by atoms with van der Waals surface area (Å²) in [7, 11) is 1.39. The second-order valence-corrected chi connectivity index (χ2v) is 5.98. The lowest BCUT2D eigenvalue weighted by molar-refractivity contribution is -0.151. The minimum absolute atomic E-state index is 0.0673. The normalized spacial score (nSPS) is 16.2. The van der Waals surface area contributed by atoms with Gasteiger partial charge in [0.05, 0.1) is 12.5 Å². The first kappa shape index (κ1) is 14.4. The van der Waals surface area contributed by atoms with E-state index in [0.29, 0.717) is 11.5 Å². The molecule has 0 aromatic heterocycles. The van der Waals surface area contributed by atoms with E-state index in [2.05, 4.69) is 0 Å². The summed E-state index contributed by atoms with van der Waals surface area (Å²) in [6.45, 7) is 3.69. The molecule has 1 heterocycles. The molecule has 1 aliphatic heterocycles. The van der Waals surface area contributed by atoms with Crippen molar-refractivity contribution in [3.05, 3.63) is 53.6 Å². The molecule has 1 unspecified atom stereocenters. The summed E-state index contributed by atoms with van der Waals surface area (Å²) in [6, 6.07) is 12.8. The van der Waals surface area contributed by atoms with Crippen LogP contribution in [0.4, 0.5) is 0 Å². The van der Waals surface area contributed by atoms with Gasteiger partial charge in [0.15, 0.2) is 11.5 Å². The third-order valence-electron chi connectivity index (χ3n) is 4.21. The van der Waals surface area contributed by atoms with Crippen LogP contribution in [-0.2, 0) is 9.53 Å². The first-order valence-electron chi connectivity index (χ1n) is 7.14. The zero-order valence-corrected chi connectivity index (χ0v) is 12.8. The smallest absolute Gasteiger partial charge is 0.312 e. The average Bonchev–Trinajstić information content (AvgIpc) is 2.52. The number of ether oxygens (including phenoxy) is 2. The molecule has 4 heteroatoms. The molecule has 2 aromatic rings. The highest BCUT2D eigenvalue weighted by atomic mass is 16.5. The van der Waals surface area contributed by atoms with E-state index in [1.165, 1.54) is 7.11 Å². The molecule has 1 aliphatic rings. The minimum Gasteiger partial charge on any atom is -0.504 e. The molecule has 114 valence electrons. The fourth-order valence-corrected chi connectivity index (χ4v) is 3.13. The van der Waals surface area contributed by atoms with Gasteiger partial charge in [-0.2, -0.15) is 0 Å². The molecule has 0 radical (unpaired) electrons. The van der Waals surface area contributed by atoms with Crippen LogP contribution in [0.3, 0.4) is 0 Å². The molecule has 0 aliphatic carbocycles. The Morgan fingerprint density at radius 1 is 1.14 bits per heavy atom. The largest absolute Gasteiger partial charge is 0.504 e. The van der Waals surface area contributed by atoms with Crippen LogP contribution < -0.4 is 4.74 Å². The quantitative estimate of drug-likeness (QED) is 0.856. The molecule has 3 rings (SSSR count). The molecule has 0 bridgehead atoms. The number of aromatic hydroxyl groups is 1. The van der Waals surface area contributed by atoms with Crippen molar-refractivity contribution in [3.63, 3.8) is 0 Å². The summed E-state index contributed by atoms with van der Waals surface area (Å²) in [5.41, 5.74) is 0.905. The molecule has 1 atom stereocenters. The lowest BCUT2D eigenvalue weighted by Crippen LogP contribution is -2.34. The second kappa shape index (κ2) is 5.05. The number of methoxy groups -OCH3 is 1. The van der Waals surface area contributed by atoms with E-state index < -0.39 is 5.41 Å². The van der Waals surface area contributed by atoms with Crippen molar-refractivity contribution in [2.75, 3.05) is 7.11 Å². The molecule has 0 fully saturated rings. The summed E-state index contributed by atoms with van der Waals surface area (Å²) in [6.07, 6.45) is 0. The van der Waals surface area contributed by atoms with Crippen LogP contribution in [0.5, 0.6) is 17.2 Å². The summed E-state index contributed by atoms with van der Waals surface area (Å²) in [5, 5.41) is 10.1. The minimum atomic E-state index is -0.794. The summed E-state index contributed by atoms with van der Waals surface area (Å²) >= 11 is 0. The first-order valence-corrected chi connectivity index (χ1v) is 7.14. The van der Waals surface area contributed by atoms with Crippen LogP contribution in [0.15, 0.2) is 42.5 Å². The Morgan fingerprint density at radius 3 is 2.55 bits per heavy atom. The van der Waals surface area contributed by atoms with E-state index >= 15 is 0 Å². The highest BCUT2D eigenvalue weighted by molar-refractivity contribution is 5.79. The Bertz CT molecular complexity index is 734. The van der Waals surface area contributed by atoms with Gasteiger partial charge in [-0.1, -0.05) is 30.3 Å². The van der Waals surface area contributed by atoms with E-state index in [0.717, 1.165) is 11.1 Å². The number of rotatable bonds is 2. The van der Waals surface area contributed by atoms with Crippen LogP contribution in [0.25, 0.3) is 0 Å². The summed E-state index contributed by atoms with van der Waals surface area (Å²) in [5.74, 6) is 0.565. The van der Waals surface area contributed by atoms with Crippen LogP contribution in [0, 0.1) is 5.41 Å². The Kier molecular flexibility index (Phi) is 3.32. The lowest BCUT2D eigenvalue weighted by atomic mass is 9.70. The number of benzene rings is 2. The molecule has 4 nitrogen and oxygen atoms in total. The average molecular weight is 298 g/mol. The molecule has 0 saturated carbocycles. The molecule has 22 heavy (non-hydrogen) atoms. The van der Waals surface area contributed by atoms with Gasteiger partial charge in [0, 0.05) is 17.0 Å². The SMILES string of the molecule is COC(=O)C(C)(C)C1c2ccccc2Oc2c(O)cccc21. The molecule has 0 amide bonds. The summed E-state index contributed by atoms with van der Waals surface area (Å²) in [4.78, 5) is 12.3. The van der Waals surface area contributed by atoms with Crippen LogP contribution in [0.2, 0.25) is 0 Å². The molecular weight excluding hydrogens is 280 g/mol. The standard InChI is InChI=1S/C18H18O4/c1-18(2,17(20)21-3)15-11-7-4-5-10-14(11)22-16-12(15)8-6-9-13(16)19/h4-10,15,19H,1-3H3. The molecule has 0 saturated heterocycles. The maximum atomic E-state index is 12.3. The maximum absolute atomic E-state index is 12.3. The highest BCUT2D eigenvalue weighted by Crippen LogP contribution is 2.54. The Morgan fingerprint density at radius 2 is 1.82 bits per heavy atom.